The molecule has 4 N–H and O–H groups in total. The maximum Gasteiger partial charge on any atom is 0.256 e. The molecule has 6 heteroatoms. The molecule has 1 aliphatic rings. The molecule has 1 amide bonds. The zero-order valence-corrected chi connectivity index (χ0v) is 14.8. The molecule has 2 heterocycles. The maximum absolute atomic E-state index is 12.9. The molecule has 0 fully saturated rings. The van der Waals surface area contributed by atoms with Crippen molar-refractivity contribution in [3.63, 3.8) is 0 Å². The van der Waals surface area contributed by atoms with Crippen LogP contribution < -0.4 is 11.3 Å². The zero-order chi connectivity index (χ0) is 19.0. The van der Waals surface area contributed by atoms with Gasteiger partial charge in [-0.25, -0.2) is 0 Å². The van der Waals surface area contributed by atoms with E-state index in [4.69, 9.17) is 5.73 Å². The number of pyridine rings is 1. The summed E-state index contributed by atoms with van der Waals surface area (Å²) in [5.41, 5.74) is 8.86. The number of H-pyrrole nitrogens is 1. The monoisotopic (exact) mass is 363 g/mol. The van der Waals surface area contributed by atoms with E-state index in [0.29, 0.717) is 31.3 Å². The number of aromatic amines is 1. The number of nitrogens with one attached hydrogen (secondary N) is 1. The van der Waals surface area contributed by atoms with Crippen molar-refractivity contribution in [1.82, 2.24) is 9.88 Å². The molecule has 0 saturated carbocycles. The van der Waals surface area contributed by atoms with Crippen LogP contribution >= 0.6 is 0 Å². The lowest BCUT2D eigenvalue weighted by Gasteiger charge is -2.31. The molecular weight excluding hydrogens is 342 g/mol. The summed E-state index contributed by atoms with van der Waals surface area (Å²) in [4.78, 5) is 29.8. The molecule has 138 valence electrons. The van der Waals surface area contributed by atoms with Crippen LogP contribution in [0, 0.1) is 0 Å². The van der Waals surface area contributed by atoms with Gasteiger partial charge in [-0.15, -0.1) is 0 Å². The van der Waals surface area contributed by atoms with Crippen molar-refractivity contribution >= 4 is 16.7 Å². The lowest BCUT2D eigenvalue weighted by molar-refractivity contribution is -0.133. The van der Waals surface area contributed by atoms with Gasteiger partial charge in [0.2, 0.25) is 5.91 Å². The molecule has 0 radical (unpaired) electrons. The van der Waals surface area contributed by atoms with Crippen molar-refractivity contribution in [3.8, 4) is 5.75 Å². The van der Waals surface area contributed by atoms with E-state index in [0.717, 1.165) is 22.2 Å². The molecule has 6 nitrogen and oxygen atoms in total. The van der Waals surface area contributed by atoms with Crippen LogP contribution in [0.1, 0.15) is 16.8 Å². The number of carbonyl (C=O) groups is 1. The number of hydrogen-bond acceptors (Lipinski definition) is 4. The number of aromatic hydroxyl groups is 1. The Morgan fingerprint density at radius 3 is 2.59 bits per heavy atom. The molecule has 1 atom stereocenters. The van der Waals surface area contributed by atoms with Crippen molar-refractivity contribution < 1.29 is 9.90 Å². The number of hydrogen-bond donors (Lipinski definition) is 3. The Morgan fingerprint density at radius 1 is 1.15 bits per heavy atom. The van der Waals surface area contributed by atoms with Gasteiger partial charge < -0.3 is 20.7 Å². The summed E-state index contributed by atoms with van der Waals surface area (Å²) in [5, 5.41) is 10.9. The van der Waals surface area contributed by atoms with Crippen molar-refractivity contribution in [2.75, 3.05) is 6.54 Å². The van der Waals surface area contributed by atoms with Crippen LogP contribution in [-0.4, -0.2) is 33.5 Å². The first-order chi connectivity index (χ1) is 13.0. The molecule has 4 rings (SSSR count). The SMILES string of the molecule is N[C@@H](Cc1ccc(O)cc1)C(=O)N1CCc2[nH]c(=O)c3ccccc3c2C1. The first-order valence-corrected chi connectivity index (χ1v) is 8.98. The number of carbonyl (C=O) groups excluding carboxylic acids is 1. The number of nitrogens with two attached hydrogens (primary N) is 1. The van der Waals surface area contributed by atoms with Gasteiger partial charge in [-0.3, -0.25) is 9.59 Å². The Balaban J connectivity index is 1.56. The molecule has 3 aromatic rings. The second-order valence-electron chi connectivity index (χ2n) is 6.94. The highest BCUT2D eigenvalue weighted by Crippen LogP contribution is 2.24. The Morgan fingerprint density at radius 2 is 1.85 bits per heavy atom. The Labute approximate surface area is 156 Å². The van der Waals surface area contributed by atoms with Crippen molar-refractivity contribution in [2.24, 2.45) is 5.73 Å². The van der Waals surface area contributed by atoms with Crippen molar-refractivity contribution in [2.45, 2.75) is 25.4 Å². The average molecular weight is 363 g/mol. The average Bonchev–Trinajstić information content (AvgIpc) is 2.69. The highest BCUT2D eigenvalue weighted by Gasteiger charge is 2.27. The summed E-state index contributed by atoms with van der Waals surface area (Å²) >= 11 is 0. The number of phenols is 1. The summed E-state index contributed by atoms with van der Waals surface area (Å²) in [6, 6.07) is 13.5. The van der Waals surface area contributed by atoms with E-state index >= 15 is 0 Å². The van der Waals surface area contributed by atoms with Crippen LogP contribution in [0.15, 0.2) is 53.3 Å². The molecule has 27 heavy (non-hydrogen) atoms. The molecule has 0 saturated heterocycles. The third-order valence-corrected chi connectivity index (χ3v) is 5.13. The number of fused-ring (bicyclic) bond motifs is 3. The van der Waals surface area contributed by atoms with E-state index < -0.39 is 6.04 Å². The summed E-state index contributed by atoms with van der Waals surface area (Å²) in [6.07, 6.45) is 1.02. The highest BCUT2D eigenvalue weighted by atomic mass is 16.3. The summed E-state index contributed by atoms with van der Waals surface area (Å²) in [5.74, 6) is 0.0798. The third kappa shape index (κ3) is 3.31. The second kappa shape index (κ2) is 6.89. The van der Waals surface area contributed by atoms with Crippen LogP contribution in [0.2, 0.25) is 0 Å². The number of rotatable bonds is 3. The van der Waals surface area contributed by atoms with Gasteiger partial charge in [0.05, 0.1) is 6.04 Å². The smallest absolute Gasteiger partial charge is 0.256 e. The van der Waals surface area contributed by atoms with E-state index in [-0.39, 0.29) is 17.2 Å². The van der Waals surface area contributed by atoms with Gasteiger partial charge in [0.15, 0.2) is 0 Å². The minimum absolute atomic E-state index is 0.0897. The minimum Gasteiger partial charge on any atom is -0.508 e. The van der Waals surface area contributed by atoms with Gasteiger partial charge in [0.1, 0.15) is 5.75 Å². The summed E-state index contributed by atoms with van der Waals surface area (Å²) in [7, 11) is 0. The predicted molar refractivity (Wildman–Crippen MR) is 103 cm³/mol. The molecule has 1 aliphatic heterocycles. The summed E-state index contributed by atoms with van der Waals surface area (Å²) in [6.45, 7) is 0.970. The lowest BCUT2D eigenvalue weighted by atomic mass is 9.97. The van der Waals surface area contributed by atoms with Crippen LogP contribution in [0.3, 0.4) is 0 Å². The highest BCUT2D eigenvalue weighted by molar-refractivity contribution is 5.87. The van der Waals surface area contributed by atoms with E-state index in [1.165, 1.54) is 0 Å². The topological polar surface area (TPSA) is 99.4 Å². The fourth-order valence-corrected chi connectivity index (χ4v) is 3.69. The van der Waals surface area contributed by atoms with Gasteiger partial charge in [0.25, 0.3) is 5.56 Å². The zero-order valence-electron chi connectivity index (χ0n) is 14.8. The molecule has 0 spiro atoms. The van der Waals surface area contributed by atoms with Gasteiger partial charge in [0, 0.05) is 30.6 Å². The number of aromatic nitrogens is 1. The van der Waals surface area contributed by atoms with Gasteiger partial charge in [-0.1, -0.05) is 30.3 Å². The Hall–Kier alpha value is -3.12. The first kappa shape index (κ1) is 17.3. The third-order valence-electron chi connectivity index (χ3n) is 5.13. The summed E-state index contributed by atoms with van der Waals surface area (Å²) < 4.78 is 0. The van der Waals surface area contributed by atoms with E-state index in [2.05, 4.69) is 4.98 Å². The predicted octanol–water partition coefficient (Wildman–Crippen LogP) is 1.69. The fraction of sp³-hybridized carbons (Fsp3) is 0.238. The van der Waals surface area contributed by atoms with Crippen LogP contribution in [0.25, 0.3) is 10.8 Å². The Bertz CT molecular complexity index is 1060. The molecular formula is C21H21N3O3. The number of benzene rings is 2. The second-order valence-corrected chi connectivity index (χ2v) is 6.94. The van der Waals surface area contributed by atoms with Gasteiger partial charge >= 0.3 is 0 Å². The number of nitrogens with zero attached hydrogens (tertiary/aromatic N) is 1. The van der Waals surface area contributed by atoms with Gasteiger partial charge in [-0.2, -0.15) is 0 Å². The molecule has 0 aliphatic carbocycles. The van der Waals surface area contributed by atoms with Crippen LogP contribution in [-0.2, 0) is 24.2 Å². The quantitative estimate of drug-likeness (QED) is 0.659. The number of amides is 1. The van der Waals surface area contributed by atoms with E-state index in [9.17, 15) is 14.7 Å². The van der Waals surface area contributed by atoms with Gasteiger partial charge in [-0.05, 0) is 41.1 Å². The standard InChI is InChI=1S/C21H21N3O3/c22-18(11-13-5-7-14(25)8-6-13)21(27)24-10-9-19-17(12-24)15-3-1-2-4-16(15)20(26)23-19/h1-8,18,25H,9-12,22H2,(H,23,26)/t18-/m0/s1. The fourth-order valence-electron chi connectivity index (χ4n) is 3.69. The molecule has 1 aromatic heterocycles. The molecule has 0 unspecified atom stereocenters. The Kier molecular flexibility index (Phi) is 4.41. The van der Waals surface area contributed by atoms with Crippen LogP contribution in [0.5, 0.6) is 5.75 Å². The molecule has 2 aromatic carbocycles. The van der Waals surface area contributed by atoms with E-state index in [1.807, 2.05) is 18.2 Å². The lowest BCUT2D eigenvalue weighted by Crippen LogP contribution is -2.47. The van der Waals surface area contributed by atoms with Crippen molar-refractivity contribution in [1.29, 1.82) is 0 Å². The maximum atomic E-state index is 12.9. The van der Waals surface area contributed by atoms with Crippen LogP contribution in [0.4, 0.5) is 0 Å². The molecule has 0 bridgehead atoms. The largest absolute Gasteiger partial charge is 0.508 e. The normalized spacial score (nSPS) is 14.8. The van der Waals surface area contributed by atoms with Crippen molar-refractivity contribution in [3.05, 3.63) is 75.7 Å². The van der Waals surface area contributed by atoms with E-state index in [1.54, 1.807) is 35.2 Å². The first-order valence-electron chi connectivity index (χ1n) is 8.98. The minimum atomic E-state index is -0.648. The number of phenolic OH excluding ortho intramolecular Hbond substituents is 1.